The van der Waals surface area contributed by atoms with Crippen LogP contribution in [0.5, 0.6) is 0 Å². The predicted octanol–water partition coefficient (Wildman–Crippen LogP) is 4.54. The Bertz CT molecular complexity index is 1530. The number of hydrogen-bond acceptors (Lipinski definition) is 6. The topological polar surface area (TPSA) is 97.1 Å². The molecule has 1 amide bonds. The summed E-state index contributed by atoms with van der Waals surface area (Å²) in [5.41, 5.74) is 3.10. The fourth-order valence-electron chi connectivity index (χ4n) is 4.30. The summed E-state index contributed by atoms with van der Waals surface area (Å²) < 4.78 is 41.3. The molecule has 8 nitrogen and oxygen atoms in total. The lowest BCUT2D eigenvalue weighted by Gasteiger charge is -2.20. The van der Waals surface area contributed by atoms with Crippen LogP contribution in [0.3, 0.4) is 0 Å². The highest BCUT2D eigenvalue weighted by Gasteiger charge is 2.31. The van der Waals surface area contributed by atoms with Crippen LogP contribution in [-0.4, -0.2) is 39.0 Å². The average molecular weight is 493 g/mol. The van der Waals surface area contributed by atoms with Gasteiger partial charge in [-0.05, 0) is 55.3 Å². The normalized spacial score (nSPS) is 15.6. The largest absolute Gasteiger partial charge is 0.416 e. The third-order valence-electron chi connectivity index (χ3n) is 6.12. The van der Waals surface area contributed by atoms with Gasteiger partial charge in [-0.1, -0.05) is 6.07 Å². The second-order valence-corrected chi connectivity index (χ2v) is 8.59. The van der Waals surface area contributed by atoms with Gasteiger partial charge in [-0.15, -0.1) is 0 Å². The van der Waals surface area contributed by atoms with Gasteiger partial charge in [-0.3, -0.25) is 14.8 Å². The summed E-state index contributed by atoms with van der Waals surface area (Å²) in [6.07, 6.45) is -1.87. The summed E-state index contributed by atoms with van der Waals surface area (Å²) in [5, 5.41) is 6.12. The molecule has 0 aliphatic carbocycles. The van der Waals surface area contributed by atoms with Gasteiger partial charge in [0.2, 0.25) is 5.62 Å². The first kappa shape index (κ1) is 23.5. The lowest BCUT2D eigenvalue weighted by molar-refractivity contribution is -0.137. The number of fused-ring (bicyclic) bond motifs is 3. The number of nitrogens with one attached hydrogen (secondary N) is 2. The van der Waals surface area contributed by atoms with Crippen molar-refractivity contribution in [3.63, 3.8) is 0 Å². The lowest BCUT2D eigenvalue weighted by Crippen LogP contribution is -2.18. The van der Waals surface area contributed by atoms with Crippen molar-refractivity contribution in [2.75, 3.05) is 24.2 Å². The number of carbonyl (C=O) groups is 1. The minimum atomic E-state index is -4.57. The number of rotatable bonds is 3. The Morgan fingerprint density at radius 3 is 2.72 bits per heavy atom. The lowest BCUT2D eigenvalue weighted by atomic mass is 9.98. The number of carbonyl (C=O) groups excluding carboxylic acids is 1. The smallest absolute Gasteiger partial charge is 0.369 e. The van der Waals surface area contributed by atoms with E-state index in [0.29, 0.717) is 17.9 Å². The van der Waals surface area contributed by atoms with Crippen LogP contribution in [-0.2, 0) is 6.18 Å². The van der Waals surface area contributed by atoms with Crippen LogP contribution in [0.2, 0.25) is 0 Å². The molecule has 1 unspecified atom stereocenters. The van der Waals surface area contributed by atoms with Crippen molar-refractivity contribution in [2.24, 2.45) is 4.99 Å². The molecule has 0 bridgehead atoms. The van der Waals surface area contributed by atoms with Crippen LogP contribution in [0.4, 0.5) is 24.7 Å². The van der Waals surface area contributed by atoms with Crippen molar-refractivity contribution in [3.05, 3.63) is 71.2 Å². The van der Waals surface area contributed by atoms with Gasteiger partial charge in [-0.25, -0.2) is 4.98 Å². The minimum Gasteiger partial charge on any atom is -0.369 e. The van der Waals surface area contributed by atoms with E-state index in [1.54, 1.807) is 25.4 Å². The van der Waals surface area contributed by atoms with Gasteiger partial charge >= 0.3 is 6.18 Å². The highest BCUT2D eigenvalue weighted by atomic mass is 19.4. The molecule has 4 heterocycles. The van der Waals surface area contributed by atoms with Crippen LogP contribution >= 0.6 is 0 Å². The molecule has 0 fully saturated rings. The van der Waals surface area contributed by atoms with E-state index in [0.717, 1.165) is 52.2 Å². The summed E-state index contributed by atoms with van der Waals surface area (Å²) in [5.74, 6) is 0.909. The highest BCUT2D eigenvalue weighted by Crippen LogP contribution is 2.41. The van der Waals surface area contributed by atoms with Crippen molar-refractivity contribution in [1.29, 1.82) is 0 Å². The van der Waals surface area contributed by atoms with E-state index in [1.165, 1.54) is 0 Å². The van der Waals surface area contributed by atoms with Gasteiger partial charge in [0.05, 0.1) is 11.6 Å². The zero-order valence-electron chi connectivity index (χ0n) is 19.7. The number of pyridine rings is 2. The van der Waals surface area contributed by atoms with Crippen LogP contribution < -0.4 is 16.3 Å². The molecule has 0 radical (unpaired) electrons. The molecule has 1 aromatic carbocycles. The minimum absolute atomic E-state index is 0.136. The second kappa shape index (κ2) is 8.74. The van der Waals surface area contributed by atoms with Crippen molar-refractivity contribution in [2.45, 2.75) is 26.1 Å². The summed E-state index contributed by atoms with van der Waals surface area (Å²) in [4.78, 5) is 29.5. The van der Waals surface area contributed by atoms with E-state index in [2.05, 4.69) is 42.1 Å². The van der Waals surface area contributed by atoms with Gasteiger partial charge < -0.3 is 15.2 Å². The fraction of sp³-hybridized carbons (Fsp3) is 0.240. The predicted molar refractivity (Wildman–Crippen MR) is 129 cm³/mol. The first-order valence-electron chi connectivity index (χ1n) is 11.2. The van der Waals surface area contributed by atoms with E-state index in [1.807, 2.05) is 19.1 Å². The molecular weight excluding hydrogens is 471 g/mol. The van der Waals surface area contributed by atoms with Crippen molar-refractivity contribution in [3.8, 4) is 22.5 Å². The first-order chi connectivity index (χ1) is 17.2. The van der Waals surface area contributed by atoms with Gasteiger partial charge in [0, 0.05) is 42.8 Å². The summed E-state index contributed by atoms with van der Waals surface area (Å²) in [6, 6.07) is 9.02. The van der Waals surface area contributed by atoms with Gasteiger partial charge in [0.25, 0.3) is 5.91 Å². The molecule has 1 aromatic heterocycles. The Kier molecular flexibility index (Phi) is 5.70. The van der Waals surface area contributed by atoms with E-state index >= 15 is 0 Å². The first-order valence-corrected chi connectivity index (χ1v) is 11.2. The molecule has 36 heavy (non-hydrogen) atoms. The molecule has 0 saturated heterocycles. The standard InChI is InChI=1S/C25H22F3N7O/c1-13-4-5-17(33-23(36)20-9-16(6-7-30-20)25(26,27)28)10-18(13)19-8-15-12-32-24(29-3)34-21(15)35-14(2)11-31-22(19)35/h4-10,12,14,31H,11H2,1-3H3,(H,33,36). The zero-order valence-corrected chi connectivity index (χ0v) is 19.7. The molecule has 0 spiro atoms. The molecule has 2 aromatic rings. The van der Waals surface area contributed by atoms with Crippen molar-refractivity contribution < 1.29 is 18.0 Å². The maximum Gasteiger partial charge on any atom is 0.416 e. The summed E-state index contributed by atoms with van der Waals surface area (Å²) in [6.45, 7) is 4.75. The number of hydrogen-bond donors (Lipinski definition) is 2. The number of halogens is 3. The Hall–Kier alpha value is -4.28. The summed E-state index contributed by atoms with van der Waals surface area (Å²) in [7, 11) is 1.64. The van der Waals surface area contributed by atoms with E-state index < -0.39 is 17.6 Å². The molecule has 5 rings (SSSR count). The Labute approximate surface area is 204 Å². The SMILES string of the molecule is CN=c1ncc2cc(-c3cc(NC(=O)c4cc(C(F)(F)F)ccn4)ccc3C)c3n(c-2n1)C(C)CN3. The highest BCUT2D eigenvalue weighted by molar-refractivity contribution is 6.03. The van der Waals surface area contributed by atoms with Gasteiger partial charge in [0.1, 0.15) is 17.3 Å². The Morgan fingerprint density at radius 1 is 1.17 bits per heavy atom. The fourth-order valence-corrected chi connectivity index (χ4v) is 4.30. The number of nitrogens with zero attached hydrogens (tertiary/aromatic N) is 5. The number of benzene rings is 1. The van der Waals surface area contributed by atoms with Crippen LogP contribution in [0.1, 0.15) is 34.6 Å². The molecule has 0 saturated carbocycles. The average Bonchev–Trinajstić information content (AvgIpc) is 3.26. The van der Waals surface area contributed by atoms with E-state index in [-0.39, 0.29) is 11.7 Å². The number of alkyl halides is 3. The quantitative estimate of drug-likeness (QED) is 0.437. The molecular formula is C25H22F3N7O. The molecule has 1 atom stereocenters. The van der Waals surface area contributed by atoms with Crippen molar-refractivity contribution >= 4 is 17.4 Å². The maximum atomic E-state index is 13.1. The Morgan fingerprint density at radius 2 is 1.97 bits per heavy atom. The molecule has 2 N–H and O–H groups in total. The van der Waals surface area contributed by atoms with E-state index in [9.17, 15) is 18.0 Å². The monoisotopic (exact) mass is 493 g/mol. The maximum absolute atomic E-state index is 13.1. The second-order valence-electron chi connectivity index (χ2n) is 8.59. The number of amides is 1. The molecule has 184 valence electrons. The third kappa shape index (κ3) is 4.16. The van der Waals surface area contributed by atoms with E-state index in [4.69, 9.17) is 0 Å². The van der Waals surface area contributed by atoms with Crippen LogP contribution in [0.15, 0.2) is 53.8 Å². The Balaban J connectivity index is 1.56. The number of aryl methyl sites for hydroxylation is 1. The van der Waals surface area contributed by atoms with Gasteiger partial charge in [-0.2, -0.15) is 18.2 Å². The third-order valence-corrected chi connectivity index (χ3v) is 6.12. The number of aromatic nitrogens is 4. The molecule has 3 aliphatic heterocycles. The van der Waals surface area contributed by atoms with Crippen LogP contribution in [0, 0.1) is 6.92 Å². The van der Waals surface area contributed by atoms with Crippen molar-refractivity contribution in [1.82, 2.24) is 19.5 Å². The molecule has 3 aliphatic rings. The molecule has 11 heteroatoms. The van der Waals surface area contributed by atoms with Gasteiger partial charge in [0.15, 0.2) is 0 Å². The summed E-state index contributed by atoms with van der Waals surface area (Å²) >= 11 is 0. The zero-order chi connectivity index (χ0) is 25.6. The van der Waals surface area contributed by atoms with Crippen LogP contribution in [0.25, 0.3) is 22.5 Å². The number of anilines is 2.